The second-order valence-corrected chi connectivity index (χ2v) is 9.65. The maximum Gasteiger partial charge on any atom is 0.259 e. The summed E-state index contributed by atoms with van der Waals surface area (Å²) in [5.41, 5.74) is 2.92. The number of ether oxygens (including phenoxy) is 1. The molecule has 3 aromatic rings. The summed E-state index contributed by atoms with van der Waals surface area (Å²) >= 11 is 3.25. The lowest BCUT2D eigenvalue weighted by atomic mass is 9.97. The smallest absolute Gasteiger partial charge is 0.259 e. The fourth-order valence-electron chi connectivity index (χ4n) is 3.74. The minimum absolute atomic E-state index is 0.0284. The van der Waals surface area contributed by atoms with Gasteiger partial charge in [-0.1, -0.05) is 6.07 Å². The zero-order valence-corrected chi connectivity index (χ0v) is 18.8. The topological polar surface area (TPSA) is 84.1 Å². The van der Waals surface area contributed by atoms with Crippen molar-refractivity contribution in [1.29, 1.82) is 0 Å². The Hall–Kier alpha value is -2.32. The Morgan fingerprint density at radius 1 is 1.33 bits per heavy atom. The van der Waals surface area contributed by atoms with Gasteiger partial charge in [0.25, 0.3) is 5.56 Å². The summed E-state index contributed by atoms with van der Waals surface area (Å²) in [7, 11) is 1.59. The van der Waals surface area contributed by atoms with E-state index in [1.807, 2.05) is 25.1 Å². The first-order valence-corrected chi connectivity index (χ1v) is 12.1. The number of hydrogen-bond acceptors (Lipinski definition) is 6. The number of carbonyl (C=O) groups is 1. The van der Waals surface area contributed by atoms with Crippen LogP contribution in [0.4, 0.5) is 5.69 Å². The van der Waals surface area contributed by atoms with Gasteiger partial charge in [-0.25, -0.2) is 4.98 Å². The number of fused-ring (bicyclic) bond motifs is 3. The maximum absolute atomic E-state index is 12.6. The fraction of sp³-hybridized carbons (Fsp3) is 0.409. The number of nitrogens with zero attached hydrogens (tertiary/aromatic N) is 1. The average molecular weight is 444 g/mol. The van der Waals surface area contributed by atoms with E-state index in [4.69, 9.17) is 4.74 Å². The van der Waals surface area contributed by atoms with Gasteiger partial charge in [0.15, 0.2) is 0 Å². The molecule has 158 valence electrons. The monoisotopic (exact) mass is 443 g/mol. The van der Waals surface area contributed by atoms with Crippen molar-refractivity contribution in [3.8, 4) is 5.75 Å². The average Bonchev–Trinajstić information content (AvgIpc) is 3.10. The number of methoxy groups -OCH3 is 1. The molecule has 1 amide bonds. The van der Waals surface area contributed by atoms with Gasteiger partial charge in [-0.2, -0.15) is 11.8 Å². The van der Waals surface area contributed by atoms with Gasteiger partial charge >= 0.3 is 0 Å². The van der Waals surface area contributed by atoms with Gasteiger partial charge in [-0.05, 0) is 55.9 Å². The van der Waals surface area contributed by atoms with Crippen LogP contribution in [0, 0.1) is 6.92 Å². The molecule has 0 unspecified atom stereocenters. The van der Waals surface area contributed by atoms with E-state index in [0.717, 1.165) is 35.0 Å². The van der Waals surface area contributed by atoms with E-state index in [1.165, 1.54) is 16.9 Å². The summed E-state index contributed by atoms with van der Waals surface area (Å²) in [6.07, 6.45) is 4.75. The van der Waals surface area contributed by atoms with Gasteiger partial charge in [-0.3, -0.25) is 9.59 Å². The van der Waals surface area contributed by atoms with Crippen LogP contribution in [0.2, 0.25) is 0 Å². The molecule has 1 aromatic carbocycles. The zero-order chi connectivity index (χ0) is 21.1. The summed E-state index contributed by atoms with van der Waals surface area (Å²) in [6, 6.07) is 5.69. The van der Waals surface area contributed by atoms with Gasteiger partial charge < -0.3 is 15.0 Å². The molecule has 1 aliphatic carbocycles. The van der Waals surface area contributed by atoms with Crippen molar-refractivity contribution in [2.24, 2.45) is 0 Å². The highest BCUT2D eigenvalue weighted by Crippen LogP contribution is 2.33. The van der Waals surface area contributed by atoms with Crippen LogP contribution >= 0.6 is 23.1 Å². The minimum atomic E-state index is -0.0609. The summed E-state index contributed by atoms with van der Waals surface area (Å²) in [5.74, 6) is 2.48. The van der Waals surface area contributed by atoms with Crippen LogP contribution in [0.3, 0.4) is 0 Å². The number of nitrogens with one attached hydrogen (secondary N) is 2. The van der Waals surface area contributed by atoms with Crippen LogP contribution in [0.15, 0.2) is 23.0 Å². The maximum atomic E-state index is 12.6. The van der Waals surface area contributed by atoms with E-state index in [-0.39, 0.29) is 11.5 Å². The Morgan fingerprint density at radius 2 is 2.17 bits per heavy atom. The summed E-state index contributed by atoms with van der Waals surface area (Å²) in [4.78, 5) is 34.7. The number of carbonyl (C=O) groups excluding carboxylic acids is 1. The van der Waals surface area contributed by atoms with Crippen molar-refractivity contribution in [2.75, 3.05) is 18.2 Å². The quantitative estimate of drug-likeness (QED) is 0.527. The highest BCUT2D eigenvalue weighted by molar-refractivity contribution is 7.98. The number of rotatable bonds is 7. The first-order valence-electron chi connectivity index (χ1n) is 10.1. The van der Waals surface area contributed by atoms with Crippen molar-refractivity contribution < 1.29 is 9.53 Å². The molecule has 0 spiro atoms. The summed E-state index contributed by atoms with van der Waals surface area (Å²) in [5, 5.41) is 3.70. The third-order valence-electron chi connectivity index (χ3n) is 5.22. The molecule has 0 saturated carbocycles. The van der Waals surface area contributed by atoms with Gasteiger partial charge in [0.05, 0.1) is 23.9 Å². The van der Waals surface area contributed by atoms with E-state index < -0.39 is 0 Å². The number of benzene rings is 1. The number of hydrogen-bond donors (Lipinski definition) is 2. The Labute approximate surface area is 183 Å². The van der Waals surface area contributed by atoms with Crippen molar-refractivity contribution in [3.63, 3.8) is 0 Å². The second kappa shape index (κ2) is 9.22. The number of H-pyrrole nitrogens is 1. The highest BCUT2D eigenvalue weighted by atomic mass is 32.2. The molecule has 0 aliphatic heterocycles. The number of thioether (sulfide) groups is 1. The predicted octanol–water partition coefficient (Wildman–Crippen LogP) is 4.44. The molecule has 1 aliphatic rings. The molecule has 4 rings (SSSR count). The van der Waals surface area contributed by atoms with Crippen LogP contribution in [0.5, 0.6) is 5.75 Å². The molecule has 8 heteroatoms. The number of thiophene rings is 1. The number of aromatic nitrogens is 2. The third-order valence-corrected chi connectivity index (χ3v) is 7.37. The van der Waals surface area contributed by atoms with Crippen LogP contribution in [-0.4, -0.2) is 28.7 Å². The van der Waals surface area contributed by atoms with Crippen LogP contribution < -0.4 is 15.6 Å². The molecule has 30 heavy (non-hydrogen) atoms. The van der Waals surface area contributed by atoms with E-state index in [9.17, 15) is 9.59 Å². The zero-order valence-electron chi connectivity index (χ0n) is 17.2. The first-order chi connectivity index (χ1) is 14.5. The number of anilines is 1. The lowest BCUT2D eigenvalue weighted by molar-refractivity contribution is -0.115. The second-order valence-electron chi connectivity index (χ2n) is 7.46. The van der Waals surface area contributed by atoms with Crippen molar-refractivity contribution in [2.45, 2.75) is 44.8 Å². The van der Waals surface area contributed by atoms with Gasteiger partial charge in [0, 0.05) is 17.1 Å². The molecule has 0 saturated heterocycles. The van der Waals surface area contributed by atoms with Crippen molar-refractivity contribution in [3.05, 3.63) is 50.4 Å². The normalized spacial score (nSPS) is 13.3. The standard InChI is InChI=1S/C22H25N3O3S2/c1-13-7-8-16(28-2)15(11-13)23-19(26)9-10-29-12-18-24-21(27)20-14-5-3-4-6-17(14)30-22(20)25-18/h7-8,11H,3-6,9-10,12H2,1-2H3,(H,23,26)(H,24,25,27). The lowest BCUT2D eigenvalue weighted by Gasteiger charge is -2.11. The minimum Gasteiger partial charge on any atom is -0.495 e. The van der Waals surface area contributed by atoms with Crippen molar-refractivity contribution in [1.82, 2.24) is 9.97 Å². The van der Waals surface area contributed by atoms with Crippen LogP contribution in [0.1, 0.15) is 41.1 Å². The molecule has 2 N–H and O–H groups in total. The van der Waals surface area contributed by atoms with Gasteiger partial charge in [-0.15, -0.1) is 11.3 Å². The van der Waals surface area contributed by atoms with Crippen LogP contribution in [0.25, 0.3) is 10.2 Å². The predicted molar refractivity (Wildman–Crippen MR) is 124 cm³/mol. The van der Waals surface area contributed by atoms with Crippen molar-refractivity contribution >= 4 is 44.9 Å². The molecule has 0 bridgehead atoms. The third kappa shape index (κ3) is 4.54. The molecule has 2 heterocycles. The highest BCUT2D eigenvalue weighted by Gasteiger charge is 2.19. The van der Waals surface area contributed by atoms with E-state index >= 15 is 0 Å². The molecular formula is C22H25N3O3S2. The Morgan fingerprint density at radius 3 is 3.00 bits per heavy atom. The largest absolute Gasteiger partial charge is 0.495 e. The Balaban J connectivity index is 1.33. The summed E-state index contributed by atoms with van der Waals surface area (Å²) < 4.78 is 5.30. The fourth-order valence-corrected chi connectivity index (χ4v) is 5.83. The molecule has 2 aromatic heterocycles. The van der Waals surface area contributed by atoms with Gasteiger partial charge in [0.2, 0.25) is 5.91 Å². The number of amides is 1. The summed E-state index contributed by atoms with van der Waals surface area (Å²) in [6.45, 7) is 1.97. The van der Waals surface area contributed by atoms with Gasteiger partial charge in [0.1, 0.15) is 16.4 Å². The number of aromatic amines is 1. The number of aryl methyl sites for hydroxylation is 3. The van der Waals surface area contributed by atoms with E-state index in [2.05, 4.69) is 15.3 Å². The lowest BCUT2D eigenvalue weighted by Crippen LogP contribution is -2.14. The van der Waals surface area contributed by atoms with E-state index in [0.29, 0.717) is 35.2 Å². The molecule has 0 fully saturated rings. The van der Waals surface area contributed by atoms with Crippen LogP contribution in [-0.2, 0) is 23.4 Å². The molecule has 0 atom stereocenters. The molecule has 0 radical (unpaired) electrons. The molecular weight excluding hydrogens is 418 g/mol. The SMILES string of the molecule is COc1ccc(C)cc1NC(=O)CCSCc1nc2sc3c(c2c(=O)[nH]1)CCCC3. The molecule has 6 nitrogen and oxygen atoms in total. The Bertz CT molecular complexity index is 1140. The first kappa shape index (κ1) is 20.9. The Kier molecular flexibility index (Phi) is 6.43. The van der Waals surface area contributed by atoms with E-state index in [1.54, 1.807) is 30.2 Å².